The lowest BCUT2D eigenvalue weighted by Crippen LogP contribution is -2.59. The topological polar surface area (TPSA) is 53.1 Å². The van der Waals surface area contributed by atoms with Gasteiger partial charge in [0.15, 0.2) is 0 Å². The molecule has 1 saturated heterocycles. The molecule has 6 nitrogen and oxygen atoms in total. The average molecular weight is 528 g/mol. The highest BCUT2D eigenvalue weighted by atomic mass is 79.9. The molecule has 4 rings (SSSR count). The zero-order valence-electron chi connectivity index (χ0n) is 20.5. The van der Waals surface area contributed by atoms with Crippen LogP contribution in [0.25, 0.3) is 0 Å². The maximum Gasteiger partial charge on any atom is 0.410 e. The first-order valence-electron chi connectivity index (χ1n) is 12.0. The first-order valence-corrected chi connectivity index (χ1v) is 12.8. The maximum atomic E-state index is 12.9. The highest BCUT2D eigenvalue weighted by molar-refractivity contribution is 9.10. The van der Waals surface area contributed by atoms with Crippen LogP contribution in [-0.4, -0.2) is 64.0 Å². The molecule has 182 valence electrons. The molecule has 0 aliphatic carbocycles. The van der Waals surface area contributed by atoms with Crippen LogP contribution in [0.5, 0.6) is 0 Å². The predicted molar refractivity (Wildman–Crippen MR) is 137 cm³/mol. The van der Waals surface area contributed by atoms with Crippen molar-refractivity contribution in [3.05, 3.63) is 69.7 Å². The maximum absolute atomic E-state index is 12.9. The summed E-state index contributed by atoms with van der Waals surface area (Å²) in [7, 11) is 0. The summed E-state index contributed by atoms with van der Waals surface area (Å²) in [4.78, 5) is 32.1. The average Bonchev–Trinajstić information content (AvgIpc) is 3.07. The van der Waals surface area contributed by atoms with Crippen molar-refractivity contribution >= 4 is 27.9 Å². The number of rotatable bonds is 5. The van der Waals surface area contributed by atoms with Gasteiger partial charge in [-0.15, -0.1) is 0 Å². The molecule has 0 saturated carbocycles. The molecule has 2 aromatic rings. The van der Waals surface area contributed by atoms with Crippen LogP contribution in [0.2, 0.25) is 0 Å². The number of benzene rings is 2. The summed E-state index contributed by atoms with van der Waals surface area (Å²) < 4.78 is 6.69. The molecule has 7 heteroatoms. The van der Waals surface area contributed by atoms with Crippen molar-refractivity contribution in [1.29, 1.82) is 0 Å². The summed E-state index contributed by atoms with van der Waals surface area (Å²) in [5.41, 5.74) is 2.57. The van der Waals surface area contributed by atoms with Gasteiger partial charge >= 0.3 is 6.09 Å². The fourth-order valence-corrected chi connectivity index (χ4v) is 5.21. The van der Waals surface area contributed by atoms with Gasteiger partial charge in [-0.3, -0.25) is 9.69 Å². The second-order valence-electron chi connectivity index (χ2n) is 10.4. The second-order valence-corrected chi connectivity index (χ2v) is 11.3. The SMILES string of the molecule is CC1CN(Cc2ccccc2)C(CCN2Cc3cc(Br)ccc3C2=O)CN1C(=O)OC(C)(C)C. The van der Waals surface area contributed by atoms with Crippen molar-refractivity contribution in [2.24, 2.45) is 0 Å². The molecule has 0 aromatic heterocycles. The summed E-state index contributed by atoms with van der Waals surface area (Å²) in [5, 5.41) is 0. The molecule has 0 N–H and O–H groups in total. The van der Waals surface area contributed by atoms with E-state index in [0.717, 1.165) is 35.1 Å². The van der Waals surface area contributed by atoms with Gasteiger partial charge in [-0.2, -0.15) is 0 Å². The molecular formula is C27H34BrN3O3. The van der Waals surface area contributed by atoms with E-state index in [2.05, 4.69) is 52.0 Å². The van der Waals surface area contributed by atoms with Gasteiger partial charge in [-0.05, 0) is 63.4 Å². The molecular weight excluding hydrogens is 494 g/mol. The number of hydrogen-bond donors (Lipinski definition) is 0. The van der Waals surface area contributed by atoms with Crippen molar-refractivity contribution in [3.8, 4) is 0 Å². The Labute approximate surface area is 211 Å². The molecule has 2 aliphatic heterocycles. The molecule has 2 aliphatic rings. The number of carbonyl (C=O) groups is 2. The van der Waals surface area contributed by atoms with E-state index in [1.807, 2.05) is 54.8 Å². The Morgan fingerprint density at radius 3 is 2.56 bits per heavy atom. The Balaban J connectivity index is 1.48. The second kappa shape index (κ2) is 10.1. The minimum absolute atomic E-state index is 0.0461. The lowest BCUT2D eigenvalue weighted by Gasteiger charge is -2.45. The van der Waals surface area contributed by atoms with Crippen LogP contribution in [0, 0.1) is 0 Å². The summed E-state index contributed by atoms with van der Waals surface area (Å²) in [6, 6.07) is 16.4. The molecule has 2 aromatic carbocycles. The third-order valence-electron chi connectivity index (χ3n) is 6.49. The summed E-state index contributed by atoms with van der Waals surface area (Å²) in [6.07, 6.45) is 0.526. The minimum atomic E-state index is -0.532. The summed E-state index contributed by atoms with van der Waals surface area (Å²) in [5.74, 6) is 0.0882. The van der Waals surface area contributed by atoms with Crippen molar-refractivity contribution < 1.29 is 14.3 Å². The normalized spacial score (nSPS) is 21.0. The van der Waals surface area contributed by atoms with Crippen LogP contribution < -0.4 is 0 Å². The van der Waals surface area contributed by atoms with E-state index >= 15 is 0 Å². The molecule has 0 spiro atoms. The Bertz CT molecular complexity index is 1040. The smallest absolute Gasteiger partial charge is 0.410 e. The molecule has 2 unspecified atom stereocenters. The fourth-order valence-electron chi connectivity index (χ4n) is 4.80. The van der Waals surface area contributed by atoms with Crippen LogP contribution in [0.1, 0.15) is 55.6 Å². The van der Waals surface area contributed by atoms with E-state index in [4.69, 9.17) is 4.74 Å². The van der Waals surface area contributed by atoms with Gasteiger partial charge in [0.25, 0.3) is 5.91 Å². The van der Waals surface area contributed by atoms with Crippen LogP contribution in [0.4, 0.5) is 4.79 Å². The number of fused-ring (bicyclic) bond motifs is 1. The Kier molecular flexibility index (Phi) is 7.33. The number of amides is 2. The van der Waals surface area contributed by atoms with E-state index in [0.29, 0.717) is 19.6 Å². The zero-order chi connectivity index (χ0) is 24.5. The largest absolute Gasteiger partial charge is 0.444 e. The molecule has 0 bridgehead atoms. The predicted octanol–water partition coefficient (Wildman–Crippen LogP) is 5.31. The van der Waals surface area contributed by atoms with E-state index in [1.165, 1.54) is 5.56 Å². The summed E-state index contributed by atoms with van der Waals surface area (Å²) in [6.45, 7) is 11.2. The highest BCUT2D eigenvalue weighted by Crippen LogP contribution is 2.28. The standard InChI is InChI=1S/C27H34BrN3O3/c1-19-15-30(16-20-8-6-5-7-9-20)23(18-31(19)26(33)34-27(2,3)4)12-13-29-17-21-14-22(28)10-11-24(21)25(29)32/h5-11,14,19,23H,12-13,15-18H2,1-4H3. The number of nitrogens with zero attached hydrogens (tertiary/aromatic N) is 3. The molecule has 0 radical (unpaired) electrons. The lowest BCUT2D eigenvalue weighted by atomic mass is 10.0. The van der Waals surface area contributed by atoms with E-state index in [-0.39, 0.29) is 24.1 Å². The Morgan fingerprint density at radius 1 is 1.12 bits per heavy atom. The van der Waals surface area contributed by atoms with Crippen LogP contribution >= 0.6 is 15.9 Å². The van der Waals surface area contributed by atoms with Gasteiger partial charge in [0, 0.05) is 54.8 Å². The van der Waals surface area contributed by atoms with Crippen molar-refractivity contribution in [1.82, 2.24) is 14.7 Å². The monoisotopic (exact) mass is 527 g/mol. The molecule has 1 fully saturated rings. The van der Waals surface area contributed by atoms with Gasteiger partial charge in [0.1, 0.15) is 5.60 Å². The molecule has 2 amide bonds. The van der Waals surface area contributed by atoms with Gasteiger partial charge in [0.2, 0.25) is 0 Å². The number of carbonyl (C=O) groups excluding carboxylic acids is 2. The summed E-state index contributed by atoms with van der Waals surface area (Å²) >= 11 is 3.51. The van der Waals surface area contributed by atoms with E-state index in [9.17, 15) is 9.59 Å². The van der Waals surface area contributed by atoms with Crippen LogP contribution in [0.15, 0.2) is 53.0 Å². The highest BCUT2D eigenvalue weighted by Gasteiger charge is 2.37. The van der Waals surface area contributed by atoms with Crippen molar-refractivity contribution in [2.75, 3.05) is 19.6 Å². The first-order chi connectivity index (χ1) is 16.1. The van der Waals surface area contributed by atoms with Gasteiger partial charge in [-0.1, -0.05) is 46.3 Å². The Hall–Kier alpha value is -2.38. The molecule has 2 heterocycles. The van der Waals surface area contributed by atoms with Gasteiger partial charge < -0.3 is 14.5 Å². The number of piperazine rings is 1. The third kappa shape index (κ3) is 5.81. The van der Waals surface area contributed by atoms with Crippen molar-refractivity contribution in [2.45, 2.75) is 64.9 Å². The van der Waals surface area contributed by atoms with Crippen LogP contribution in [-0.2, 0) is 17.8 Å². The van der Waals surface area contributed by atoms with E-state index < -0.39 is 5.60 Å². The lowest BCUT2D eigenvalue weighted by molar-refractivity contribution is -0.0170. The van der Waals surface area contributed by atoms with Crippen molar-refractivity contribution in [3.63, 3.8) is 0 Å². The van der Waals surface area contributed by atoms with Gasteiger partial charge in [-0.25, -0.2) is 4.79 Å². The molecule has 2 atom stereocenters. The number of ether oxygens (including phenoxy) is 1. The zero-order valence-corrected chi connectivity index (χ0v) is 22.0. The van der Waals surface area contributed by atoms with E-state index in [1.54, 1.807) is 0 Å². The first kappa shape index (κ1) is 24.7. The third-order valence-corrected chi connectivity index (χ3v) is 6.98. The minimum Gasteiger partial charge on any atom is -0.444 e. The van der Waals surface area contributed by atoms with Gasteiger partial charge in [0.05, 0.1) is 0 Å². The number of hydrogen-bond acceptors (Lipinski definition) is 4. The number of halogens is 1. The molecule has 34 heavy (non-hydrogen) atoms. The Morgan fingerprint density at radius 2 is 1.85 bits per heavy atom. The van der Waals surface area contributed by atoms with Crippen LogP contribution in [0.3, 0.4) is 0 Å². The quantitative estimate of drug-likeness (QED) is 0.528. The fraction of sp³-hybridized carbons (Fsp3) is 0.481.